The third kappa shape index (κ3) is 5.60. The highest BCUT2D eigenvalue weighted by Crippen LogP contribution is 2.31. The van der Waals surface area contributed by atoms with Crippen molar-refractivity contribution in [3.05, 3.63) is 90.3 Å². The molecule has 3 atom stereocenters. The van der Waals surface area contributed by atoms with Crippen molar-refractivity contribution in [3.8, 4) is 11.1 Å². The van der Waals surface area contributed by atoms with E-state index in [0.29, 0.717) is 31.4 Å². The van der Waals surface area contributed by atoms with E-state index in [0.717, 1.165) is 16.7 Å². The molecule has 3 amide bonds. The average molecular weight is 525 g/mol. The number of rotatable bonds is 8. The number of nitrogens with zero attached hydrogens (tertiary/aromatic N) is 3. The van der Waals surface area contributed by atoms with Gasteiger partial charge in [0.25, 0.3) is 5.91 Å². The maximum atomic E-state index is 13.6. The number of benzene rings is 2. The zero-order chi connectivity index (χ0) is 27.4. The van der Waals surface area contributed by atoms with Gasteiger partial charge in [0.05, 0.1) is 19.0 Å². The van der Waals surface area contributed by atoms with Crippen molar-refractivity contribution in [1.29, 1.82) is 0 Å². The second-order valence-electron chi connectivity index (χ2n) is 10.1. The van der Waals surface area contributed by atoms with Crippen LogP contribution in [0.25, 0.3) is 11.1 Å². The smallest absolute Gasteiger partial charge is 0.251 e. The van der Waals surface area contributed by atoms with E-state index in [1.54, 1.807) is 40.4 Å². The fraction of sp³-hybridized carbons (Fsp3) is 0.323. The van der Waals surface area contributed by atoms with Gasteiger partial charge >= 0.3 is 0 Å². The number of ketones is 1. The molecule has 3 unspecified atom stereocenters. The molecular weight excluding hydrogens is 492 g/mol. The molecule has 0 aliphatic carbocycles. The Labute approximate surface area is 228 Å². The zero-order valence-corrected chi connectivity index (χ0v) is 22.0. The molecule has 2 aromatic carbocycles. The van der Waals surface area contributed by atoms with Gasteiger partial charge in [-0.25, -0.2) is 0 Å². The van der Waals surface area contributed by atoms with Crippen molar-refractivity contribution in [2.24, 2.45) is 0 Å². The summed E-state index contributed by atoms with van der Waals surface area (Å²) in [5.41, 5.74) is 3.30. The standard InChI is InChI=1S/C31H32N4O4/c1-2-7-25(33-30(38)24-13-11-23(12-14-24)22-9-4-3-5-10-22)31(39)34-17-15-26-29(34)27(36)20-35(26)28(37)18-21-8-6-16-32-19-21/h3-6,8-14,16,19,25-26,29H,2,7,15,17-18,20H2,1H3,(H,33,38). The van der Waals surface area contributed by atoms with Crippen molar-refractivity contribution in [2.75, 3.05) is 13.1 Å². The van der Waals surface area contributed by atoms with Crippen LogP contribution in [-0.2, 0) is 20.8 Å². The lowest BCUT2D eigenvalue weighted by atomic mass is 10.0. The number of carbonyl (C=O) groups is 4. The van der Waals surface area contributed by atoms with E-state index in [-0.39, 0.29) is 42.5 Å². The fourth-order valence-electron chi connectivity index (χ4n) is 5.60. The second kappa shape index (κ2) is 11.6. The number of nitrogens with one attached hydrogen (secondary N) is 1. The molecule has 3 heterocycles. The summed E-state index contributed by atoms with van der Waals surface area (Å²) in [6.45, 7) is 2.32. The van der Waals surface area contributed by atoms with E-state index in [9.17, 15) is 19.2 Å². The summed E-state index contributed by atoms with van der Waals surface area (Å²) in [6, 6.07) is 19.0. The van der Waals surface area contributed by atoms with E-state index in [1.165, 1.54) is 0 Å². The number of likely N-dealkylation sites (tertiary alicyclic amines) is 2. The molecule has 39 heavy (non-hydrogen) atoms. The lowest BCUT2D eigenvalue weighted by Gasteiger charge is -2.28. The largest absolute Gasteiger partial charge is 0.340 e. The van der Waals surface area contributed by atoms with Gasteiger partial charge in [-0.1, -0.05) is 61.9 Å². The van der Waals surface area contributed by atoms with Crippen LogP contribution in [0.2, 0.25) is 0 Å². The quantitative estimate of drug-likeness (QED) is 0.488. The molecule has 1 aromatic heterocycles. The van der Waals surface area contributed by atoms with Gasteiger partial charge in [0.1, 0.15) is 12.1 Å². The Balaban J connectivity index is 1.25. The first-order chi connectivity index (χ1) is 19.0. The Bertz CT molecular complexity index is 1340. The highest BCUT2D eigenvalue weighted by atomic mass is 16.2. The van der Waals surface area contributed by atoms with Gasteiger partial charge in [-0.3, -0.25) is 24.2 Å². The van der Waals surface area contributed by atoms with E-state index >= 15 is 0 Å². The van der Waals surface area contributed by atoms with Crippen LogP contribution in [0, 0.1) is 0 Å². The average Bonchev–Trinajstić information content (AvgIpc) is 3.55. The SMILES string of the molecule is CCCC(NC(=O)c1ccc(-c2ccccc2)cc1)C(=O)N1CCC2C1C(=O)CN2C(=O)Cc1cccnc1. The number of hydrogen-bond acceptors (Lipinski definition) is 5. The molecule has 2 aliphatic rings. The van der Waals surface area contributed by atoms with Crippen molar-refractivity contribution in [3.63, 3.8) is 0 Å². The number of pyridine rings is 1. The van der Waals surface area contributed by atoms with E-state index in [1.807, 2.05) is 55.5 Å². The molecular formula is C31H32N4O4. The zero-order valence-electron chi connectivity index (χ0n) is 22.0. The predicted octanol–water partition coefficient (Wildman–Crippen LogP) is 3.27. The molecule has 200 valence electrons. The molecule has 2 saturated heterocycles. The molecule has 0 saturated carbocycles. The molecule has 8 heteroatoms. The topological polar surface area (TPSA) is 99.7 Å². The maximum absolute atomic E-state index is 13.6. The summed E-state index contributed by atoms with van der Waals surface area (Å²) in [6.07, 6.45) is 5.14. The minimum atomic E-state index is -0.747. The Morgan fingerprint density at radius 1 is 0.974 bits per heavy atom. The summed E-state index contributed by atoms with van der Waals surface area (Å²) in [5.74, 6) is -0.879. The first kappa shape index (κ1) is 26.3. The molecule has 0 bridgehead atoms. The van der Waals surface area contributed by atoms with Crippen LogP contribution in [0.4, 0.5) is 0 Å². The van der Waals surface area contributed by atoms with E-state index in [2.05, 4.69) is 10.3 Å². The molecule has 2 aliphatic heterocycles. The van der Waals surface area contributed by atoms with Gasteiger partial charge in [-0.15, -0.1) is 0 Å². The second-order valence-corrected chi connectivity index (χ2v) is 10.1. The number of aromatic nitrogens is 1. The lowest BCUT2D eigenvalue weighted by Crippen LogP contribution is -2.52. The van der Waals surface area contributed by atoms with Crippen molar-refractivity contribution in [2.45, 2.75) is 50.7 Å². The Hall–Kier alpha value is -4.33. The highest BCUT2D eigenvalue weighted by molar-refractivity contribution is 6.01. The van der Waals surface area contributed by atoms with Gasteiger partial charge in [0.15, 0.2) is 5.78 Å². The lowest BCUT2D eigenvalue weighted by molar-refractivity contribution is -0.138. The Kier molecular flexibility index (Phi) is 7.81. The number of amides is 3. The summed E-state index contributed by atoms with van der Waals surface area (Å²) >= 11 is 0. The van der Waals surface area contributed by atoms with Gasteiger partial charge in [-0.05, 0) is 47.7 Å². The molecule has 1 N–H and O–H groups in total. The molecule has 0 spiro atoms. The molecule has 2 fully saturated rings. The van der Waals surface area contributed by atoms with Crippen LogP contribution in [-0.4, -0.2) is 69.5 Å². The first-order valence-corrected chi connectivity index (χ1v) is 13.4. The van der Waals surface area contributed by atoms with Crippen LogP contribution in [0.5, 0.6) is 0 Å². The number of carbonyl (C=O) groups excluding carboxylic acids is 4. The predicted molar refractivity (Wildman–Crippen MR) is 147 cm³/mol. The number of hydrogen-bond donors (Lipinski definition) is 1. The first-order valence-electron chi connectivity index (χ1n) is 13.4. The summed E-state index contributed by atoms with van der Waals surface area (Å²) in [5, 5.41) is 2.90. The van der Waals surface area contributed by atoms with Gasteiger partial charge in [-0.2, -0.15) is 0 Å². The van der Waals surface area contributed by atoms with Gasteiger partial charge in [0, 0.05) is 24.5 Å². The van der Waals surface area contributed by atoms with E-state index in [4.69, 9.17) is 0 Å². The molecule has 8 nitrogen and oxygen atoms in total. The Morgan fingerprint density at radius 3 is 2.41 bits per heavy atom. The third-order valence-corrected chi connectivity index (χ3v) is 7.54. The normalized spacial score (nSPS) is 19.1. The van der Waals surface area contributed by atoms with Crippen molar-refractivity contribution >= 4 is 23.5 Å². The highest BCUT2D eigenvalue weighted by Gasteiger charge is 2.52. The monoisotopic (exact) mass is 524 g/mol. The van der Waals surface area contributed by atoms with Crippen LogP contribution < -0.4 is 5.32 Å². The molecule has 3 aromatic rings. The maximum Gasteiger partial charge on any atom is 0.251 e. The van der Waals surface area contributed by atoms with E-state index < -0.39 is 12.1 Å². The number of Topliss-reactive ketones (excluding diaryl/α,β-unsaturated/α-hetero) is 1. The van der Waals surface area contributed by atoms with Crippen molar-refractivity contribution < 1.29 is 19.2 Å². The minimum Gasteiger partial charge on any atom is -0.340 e. The van der Waals surface area contributed by atoms with Crippen LogP contribution in [0.3, 0.4) is 0 Å². The van der Waals surface area contributed by atoms with Crippen molar-refractivity contribution in [1.82, 2.24) is 20.1 Å². The minimum absolute atomic E-state index is 0.00320. The molecule has 5 rings (SSSR count). The van der Waals surface area contributed by atoms with Gasteiger partial charge in [0.2, 0.25) is 11.8 Å². The number of fused-ring (bicyclic) bond motifs is 1. The Morgan fingerprint density at radius 2 is 1.72 bits per heavy atom. The third-order valence-electron chi connectivity index (χ3n) is 7.54. The fourth-order valence-corrected chi connectivity index (χ4v) is 5.60. The summed E-state index contributed by atoms with van der Waals surface area (Å²) < 4.78 is 0. The summed E-state index contributed by atoms with van der Waals surface area (Å²) in [4.78, 5) is 60.0. The van der Waals surface area contributed by atoms with Crippen LogP contribution >= 0.6 is 0 Å². The van der Waals surface area contributed by atoms with Crippen LogP contribution in [0.15, 0.2) is 79.1 Å². The molecule has 0 radical (unpaired) electrons. The van der Waals surface area contributed by atoms with Crippen LogP contribution in [0.1, 0.15) is 42.1 Å². The summed E-state index contributed by atoms with van der Waals surface area (Å²) in [7, 11) is 0. The van der Waals surface area contributed by atoms with Gasteiger partial charge < -0.3 is 15.1 Å².